The lowest BCUT2D eigenvalue weighted by molar-refractivity contribution is -0.134. The molecule has 0 aliphatic heterocycles. The number of ether oxygens (including phenoxy) is 1. The number of methoxy groups -OCH3 is 1. The first kappa shape index (κ1) is 16.0. The molecule has 0 aromatic rings. The van der Waals surface area contributed by atoms with Crippen LogP contribution in [0.4, 0.5) is 0 Å². The van der Waals surface area contributed by atoms with Crippen LogP contribution in [-0.4, -0.2) is 24.3 Å². The second kappa shape index (κ2) is 11.5. The van der Waals surface area contributed by atoms with Crippen LogP contribution < -0.4 is 0 Å². The van der Waals surface area contributed by atoms with Gasteiger partial charge in [0.15, 0.2) is 0 Å². The summed E-state index contributed by atoms with van der Waals surface area (Å²) in [6, 6.07) is 0. The predicted molar refractivity (Wildman–Crippen MR) is 71.4 cm³/mol. The highest BCUT2D eigenvalue weighted by atomic mass is 16.5. The summed E-state index contributed by atoms with van der Waals surface area (Å²) >= 11 is 0. The Kier molecular flexibility index (Phi) is 10.3. The maximum atomic E-state index is 10.7. The molecule has 0 aliphatic carbocycles. The number of allylic oxidation sites excluding steroid dienone is 3. The van der Waals surface area contributed by atoms with Crippen LogP contribution in [0.15, 0.2) is 24.3 Å². The normalized spacial score (nSPS) is 11.5. The summed E-state index contributed by atoms with van der Waals surface area (Å²) in [5, 5.41) is 9.50. The van der Waals surface area contributed by atoms with Gasteiger partial charge in [0.25, 0.3) is 0 Å². The van der Waals surface area contributed by atoms with Crippen molar-refractivity contribution in [1.29, 1.82) is 0 Å². The molecule has 0 rings (SSSR count). The molecular formula is C15H18O3. The number of aliphatic hydroxyl groups excluding tert-OH is 1. The second-order valence-corrected chi connectivity index (χ2v) is 3.39. The van der Waals surface area contributed by atoms with E-state index in [0.29, 0.717) is 12.8 Å². The van der Waals surface area contributed by atoms with Crippen molar-refractivity contribution < 1.29 is 14.6 Å². The van der Waals surface area contributed by atoms with Crippen molar-refractivity contribution in [2.24, 2.45) is 0 Å². The maximum Gasteiger partial charge on any atom is 0.330 e. The van der Waals surface area contributed by atoms with Crippen LogP contribution in [0.3, 0.4) is 0 Å². The Hall–Kier alpha value is -1.97. The van der Waals surface area contributed by atoms with Crippen molar-refractivity contribution in [2.45, 2.75) is 32.3 Å². The number of unbranched alkanes of at least 4 members (excludes halogenated alkanes) is 1. The Morgan fingerprint density at radius 3 is 2.78 bits per heavy atom. The fourth-order valence-corrected chi connectivity index (χ4v) is 1.06. The van der Waals surface area contributed by atoms with Crippen LogP contribution in [0.5, 0.6) is 0 Å². The van der Waals surface area contributed by atoms with Crippen LogP contribution in [0.1, 0.15) is 26.2 Å². The maximum absolute atomic E-state index is 10.7. The molecule has 3 heteroatoms. The third kappa shape index (κ3) is 10.5. The van der Waals surface area contributed by atoms with E-state index in [1.54, 1.807) is 25.2 Å². The van der Waals surface area contributed by atoms with Crippen LogP contribution in [0.2, 0.25) is 0 Å². The number of rotatable bonds is 5. The van der Waals surface area contributed by atoms with Gasteiger partial charge in [0.2, 0.25) is 0 Å². The fourth-order valence-electron chi connectivity index (χ4n) is 1.06. The average Bonchev–Trinajstić information content (AvgIpc) is 2.37. The molecule has 18 heavy (non-hydrogen) atoms. The van der Waals surface area contributed by atoms with Gasteiger partial charge in [0, 0.05) is 6.08 Å². The monoisotopic (exact) mass is 246 g/mol. The quantitative estimate of drug-likeness (QED) is 0.348. The summed E-state index contributed by atoms with van der Waals surface area (Å²) in [4.78, 5) is 10.7. The molecule has 0 bridgehead atoms. The largest absolute Gasteiger partial charge is 0.466 e. The van der Waals surface area contributed by atoms with Crippen LogP contribution >= 0.6 is 0 Å². The number of hydrogen-bond donors (Lipinski definition) is 1. The summed E-state index contributed by atoms with van der Waals surface area (Å²) in [5.41, 5.74) is 0. The van der Waals surface area contributed by atoms with Gasteiger partial charge < -0.3 is 9.84 Å². The van der Waals surface area contributed by atoms with Crippen molar-refractivity contribution in [2.75, 3.05) is 7.11 Å². The average molecular weight is 246 g/mol. The Morgan fingerprint density at radius 1 is 1.39 bits per heavy atom. The number of hydrogen-bond acceptors (Lipinski definition) is 3. The van der Waals surface area contributed by atoms with Crippen molar-refractivity contribution in [3.05, 3.63) is 24.3 Å². The molecule has 0 aliphatic rings. The first-order valence-electron chi connectivity index (χ1n) is 5.71. The Balaban J connectivity index is 3.76. The molecule has 0 fully saturated rings. The highest BCUT2D eigenvalue weighted by molar-refractivity contribution is 5.81. The molecule has 96 valence electrons. The standard InChI is InChI=1S/C15H18O3/c1-3-4-5-6-8-11-14(16)12-9-7-10-13-15(17)18-2/h5-6,10,13-14,16H,7,9,12H2,1-2H3/b6-5-,13-10+. The molecule has 0 saturated heterocycles. The van der Waals surface area contributed by atoms with Gasteiger partial charge in [-0.3, -0.25) is 0 Å². The molecule has 1 atom stereocenters. The van der Waals surface area contributed by atoms with Crippen LogP contribution in [0, 0.1) is 23.7 Å². The van der Waals surface area contributed by atoms with Gasteiger partial charge in [-0.25, -0.2) is 4.79 Å². The molecule has 0 radical (unpaired) electrons. The third-order valence-electron chi connectivity index (χ3n) is 1.95. The number of aliphatic hydroxyl groups is 1. The van der Waals surface area contributed by atoms with Gasteiger partial charge >= 0.3 is 5.97 Å². The Labute approximate surface area is 109 Å². The van der Waals surface area contributed by atoms with Gasteiger partial charge in [-0.2, -0.15) is 0 Å². The molecular weight excluding hydrogens is 228 g/mol. The first-order valence-corrected chi connectivity index (χ1v) is 5.71. The Bertz CT molecular complexity index is 410. The van der Waals surface area contributed by atoms with E-state index >= 15 is 0 Å². The fraction of sp³-hybridized carbons (Fsp3) is 0.400. The van der Waals surface area contributed by atoms with E-state index in [-0.39, 0.29) is 5.97 Å². The first-order chi connectivity index (χ1) is 8.70. The van der Waals surface area contributed by atoms with E-state index in [0.717, 1.165) is 6.42 Å². The lowest BCUT2D eigenvalue weighted by Crippen LogP contribution is -2.01. The van der Waals surface area contributed by atoms with Gasteiger partial charge in [-0.05, 0) is 38.3 Å². The predicted octanol–water partition coefficient (Wildman–Crippen LogP) is 1.83. The van der Waals surface area contributed by atoms with E-state index in [2.05, 4.69) is 28.4 Å². The minimum atomic E-state index is -0.643. The van der Waals surface area contributed by atoms with E-state index < -0.39 is 6.10 Å². The van der Waals surface area contributed by atoms with Crippen molar-refractivity contribution >= 4 is 5.97 Å². The number of carbonyl (C=O) groups excluding carboxylic acids is 1. The van der Waals surface area contributed by atoms with E-state index in [1.807, 2.05) is 0 Å². The molecule has 0 amide bonds. The van der Waals surface area contributed by atoms with E-state index in [4.69, 9.17) is 0 Å². The Morgan fingerprint density at radius 2 is 2.11 bits per heavy atom. The molecule has 0 aromatic heterocycles. The van der Waals surface area contributed by atoms with E-state index in [9.17, 15) is 9.90 Å². The van der Waals surface area contributed by atoms with Crippen molar-refractivity contribution in [3.63, 3.8) is 0 Å². The zero-order valence-corrected chi connectivity index (χ0v) is 10.8. The summed E-state index contributed by atoms with van der Waals surface area (Å²) in [5.74, 6) is 10.5. The summed E-state index contributed by atoms with van der Waals surface area (Å²) in [6.07, 6.45) is 7.76. The smallest absolute Gasteiger partial charge is 0.330 e. The van der Waals surface area contributed by atoms with Crippen molar-refractivity contribution in [1.82, 2.24) is 0 Å². The molecule has 0 aromatic carbocycles. The summed E-state index contributed by atoms with van der Waals surface area (Å²) in [6.45, 7) is 1.74. The summed E-state index contributed by atoms with van der Waals surface area (Å²) in [7, 11) is 1.34. The SMILES string of the molecule is CC#C/C=C\C#CC(O)CCC/C=C/C(=O)OC. The molecule has 3 nitrogen and oxygen atoms in total. The third-order valence-corrected chi connectivity index (χ3v) is 1.95. The zero-order valence-electron chi connectivity index (χ0n) is 10.8. The number of carbonyl (C=O) groups is 1. The van der Waals surface area contributed by atoms with Gasteiger partial charge in [0.05, 0.1) is 7.11 Å². The lowest BCUT2D eigenvalue weighted by Gasteiger charge is -1.99. The molecule has 0 spiro atoms. The molecule has 0 saturated carbocycles. The minimum Gasteiger partial charge on any atom is -0.466 e. The number of esters is 1. The van der Waals surface area contributed by atoms with Crippen molar-refractivity contribution in [3.8, 4) is 23.7 Å². The van der Waals surface area contributed by atoms with Gasteiger partial charge in [0.1, 0.15) is 6.10 Å². The van der Waals surface area contributed by atoms with Crippen LogP contribution in [-0.2, 0) is 9.53 Å². The second-order valence-electron chi connectivity index (χ2n) is 3.39. The molecule has 1 N–H and O–H groups in total. The molecule has 0 heterocycles. The minimum absolute atomic E-state index is 0.363. The van der Waals surface area contributed by atoms with E-state index in [1.165, 1.54) is 13.2 Å². The zero-order chi connectivity index (χ0) is 13.6. The summed E-state index contributed by atoms with van der Waals surface area (Å²) < 4.78 is 4.45. The lowest BCUT2D eigenvalue weighted by atomic mass is 10.1. The van der Waals surface area contributed by atoms with Gasteiger partial charge in [-0.15, -0.1) is 5.92 Å². The van der Waals surface area contributed by atoms with Crippen LogP contribution in [0.25, 0.3) is 0 Å². The highest BCUT2D eigenvalue weighted by Crippen LogP contribution is 2.01. The topological polar surface area (TPSA) is 46.5 Å². The molecule has 1 unspecified atom stereocenters. The highest BCUT2D eigenvalue weighted by Gasteiger charge is 1.97. The van der Waals surface area contributed by atoms with Gasteiger partial charge in [-0.1, -0.05) is 23.8 Å².